The molecule has 0 aliphatic carbocycles. The number of rotatable bonds is 6. The minimum absolute atomic E-state index is 0.0804. The van der Waals surface area contributed by atoms with Crippen LogP contribution < -0.4 is 4.74 Å². The maximum atomic E-state index is 10.4. The monoisotopic (exact) mass is 359 g/mol. The number of nitrogens with zero attached hydrogens (tertiary/aromatic N) is 1. The van der Waals surface area contributed by atoms with Gasteiger partial charge in [-0.05, 0) is 55.3 Å². The van der Waals surface area contributed by atoms with E-state index in [1.54, 1.807) is 6.07 Å². The summed E-state index contributed by atoms with van der Waals surface area (Å²) in [6, 6.07) is 26.2. The summed E-state index contributed by atoms with van der Waals surface area (Å²) in [5.41, 5.74) is 3.31. The molecule has 1 N–H and O–H groups in total. The average Bonchev–Trinajstić information content (AvgIpc) is 3.24. The van der Waals surface area contributed by atoms with Gasteiger partial charge >= 0.3 is 0 Å². The fourth-order valence-corrected chi connectivity index (χ4v) is 3.79. The zero-order chi connectivity index (χ0) is 18.5. The summed E-state index contributed by atoms with van der Waals surface area (Å²) in [5.74, 6) is 1.22. The van der Waals surface area contributed by atoms with Gasteiger partial charge in [-0.3, -0.25) is 4.90 Å². The number of phenols is 1. The molecule has 4 rings (SSSR count). The van der Waals surface area contributed by atoms with Gasteiger partial charge in [0.25, 0.3) is 0 Å². The van der Waals surface area contributed by atoms with Crippen molar-refractivity contribution in [3.8, 4) is 11.5 Å². The molecule has 1 aliphatic heterocycles. The molecule has 1 heterocycles. The van der Waals surface area contributed by atoms with E-state index in [1.165, 1.54) is 18.4 Å². The molecule has 1 atom stereocenters. The Hall–Kier alpha value is -2.78. The van der Waals surface area contributed by atoms with Crippen LogP contribution in [0.25, 0.3) is 0 Å². The zero-order valence-electron chi connectivity index (χ0n) is 15.4. The first-order valence-corrected chi connectivity index (χ1v) is 9.60. The second-order valence-electron chi connectivity index (χ2n) is 7.05. The van der Waals surface area contributed by atoms with Gasteiger partial charge in [0, 0.05) is 5.56 Å². The molecule has 3 aromatic rings. The third kappa shape index (κ3) is 4.15. The molecule has 3 nitrogen and oxygen atoms in total. The van der Waals surface area contributed by atoms with Crippen LogP contribution in [0.4, 0.5) is 0 Å². The van der Waals surface area contributed by atoms with Crippen molar-refractivity contribution in [1.29, 1.82) is 0 Å². The van der Waals surface area contributed by atoms with Crippen molar-refractivity contribution in [2.24, 2.45) is 0 Å². The minimum atomic E-state index is 0.0804. The first-order chi connectivity index (χ1) is 13.3. The van der Waals surface area contributed by atoms with E-state index in [2.05, 4.69) is 29.2 Å². The van der Waals surface area contributed by atoms with Gasteiger partial charge < -0.3 is 9.84 Å². The third-order valence-corrected chi connectivity index (χ3v) is 5.18. The molecule has 1 saturated heterocycles. The lowest BCUT2D eigenvalue weighted by Crippen LogP contribution is -2.26. The molecule has 0 spiro atoms. The van der Waals surface area contributed by atoms with E-state index < -0.39 is 0 Å². The second-order valence-corrected chi connectivity index (χ2v) is 7.05. The SMILES string of the molecule is Oc1ccccc1[C@@H](c1ccc(OCc2ccccc2)cc1)N1CCCC1. The van der Waals surface area contributed by atoms with Crippen LogP contribution in [0.5, 0.6) is 11.5 Å². The maximum absolute atomic E-state index is 10.4. The van der Waals surface area contributed by atoms with E-state index in [4.69, 9.17) is 4.74 Å². The van der Waals surface area contributed by atoms with Gasteiger partial charge in [0.05, 0.1) is 6.04 Å². The number of para-hydroxylation sites is 1. The molecule has 0 saturated carbocycles. The van der Waals surface area contributed by atoms with Crippen LogP contribution in [0, 0.1) is 0 Å². The van der Waals surface area contributed by atoms with E-state index in [1.807, 2.05) is 48.5 Å². The summed E-state index contributed by atoms with van der Waals surface area (Å²) in [6.07, 6.45) is 2.42. The maximum Gasteiger partial charge on any atom is 0.120 e. The highest BCUT2D eigenvalue weighted by Gasteiger charge is 2.26. The van der Waals surface area contributed by atoms with Gasteiger partial charge in [0.2, 0.25) is 0 Å². The molecule has 3 heteroatoms. The number of aromatic hydroxyl groups is 1. The summed E-state index contributed by atoms with van der Waals surface area (Å²) in [6.45, 7) is 2.69. The predicted octanol–water partition coefficient (Wildman–Crippen LogP) is 5.16. The van der Waals surface area contributed by atoms with Crippen molar-refractivity contribution in [3.05, 3.63) is 95.6 Å². The van der Waals surface area contributed by atoms with E-state index in [0.29, 0.717) is 12.4 Å². The minimum Gasteiger partial charge on any atom is -0.508 e. The van der Waals surface area contributed by atoms with E-state index in [9.17, 15) is 5.11 Å². The van der Waals surface area contributed by atoms with Crippen LogP contribution in [0.15, 0.2) is 78.9 Å². The van der Waals surface area contributed by atoms with Gasteiger partial charge in [0.1, 0.15) is 18.1 Å². The molecule has 3 aromatic carbocycles. The topological polar surface area (TPSA) is 32.7 Å². The summed E-state index contributed by atoms with van der Waals surface area (Å²) in [4.78, 5) is 2.45. The number of phenolic OH excluding ortho intramolecular Hbond substituents is 1. The van der Waals surface area contributed by atoms with Crippen molar-refractivity contribution in [1.82, 2.24) is 4.90 Å². The number of ether oxygens (including phenoxy) is 1. The van der Waals surface area contributed by atoms with Gasteiger partial charge in [-0.2, -0.15) is 0 Å². The highest BCUT2D eigenvalue weighted by atomic mass is 16.5. The van der Waals surface area contributed by atoms with Gasteiger partial charge in [0.15, 0.2) is 0 Å². The molecule has 1 fully saturated rings. The van der Waals surface area contributed by atoms with Crippen molar-refractivity contribution < 1.29 is 9.84 Å². The van der Waals surface area contributed by atoms with Gasteiger partial charge in [-0.15, -0.1) is 0 Å². The second kappa shape index (κ2) is 8.28. The molecule has 27 heavy (non-hydrogen) atoms. The third-order valence-electron chi connectivity index (χ3n) is 5.18. The van der Waals surface area contributed by atoms with Gasteiger partial charge in [-0.25, -0.2) is 0 Å². The van der Waals surface area contributed by atoms with E-state index in [0.717, 1.165) is 30.0 Å². The zero-order valence-corrected chi connectivity index (χ0v) is 15.4. The Balaban J connectivity index is 1.54. The van der Waals surface area contributed by atoms with Crippen LogP contribution >= 0.6 is 0 Å². The highest BCUT2D eigenvalue weighted by molar-refractivity contribution is 5.42. The number of benzene rings is 3. The van der Waals surface area contributed by atoms with Crippen LogP contribution in [-0.2, 0) is 6.61 Å². The fourth-order valence-electron chi connectivity index (χ4n) is 3.79. The summed E-state index contributed by atoms with van der Waals surface area (Å²) >= 11 is 0. The Morgan fingerprint density at radius 1 is 0.815 bits per heavy atom. The summed E-state index contributed by atoms with van der Waals surface area (Å²) < 4.78 is 5.92. The first-order valence-electron chi connectivity index (χ1n) is 9.60. The largest absolute Gasteiger partial charge is 0.508 e. The van der Waals surface area contributed by atoms with Crippen LogP contribution in [0.3, 0.4) is 0 Å². The van der Waals surface area contributed by atoms with Crippen LogP contribution in [-0.4, -0.2) is 23.1 Å². The standard InChI is InChI=1S/C24H25NO2/c26-23-11-5-4-10-22(23)24(25-16-6-7-17-25)20-12-14-21(15-13-20)27-18-19-8-2-1-3-9-19/h1-5,8-15,24,26H,6-7,16-18H2/t24-/m1/s1. The quantitative estimate of drug-likeness (QED) is 0.660. The Morgan fingerprint density at radius 2 is 1.48 bits per heavy atom. The molecule has 0 amide bonds. The molecule has 1 aliphatic rings. The van der Waals surface area contributed by atoms with Crippen LogP contribution in [0.2, 0.25) is 0 Å². The molecule has 0 unspecified atom stereocenters. The Labute approximate surface area is 160 Å². The molecule has 0 bridgehead atoms. The Morgan fingerprint density at radius 3 is 2.19 bits per heavy atom. The van der Waals surface area contributed by atoms with Crippen LogP contribution in [0.1, 0.15) is 35.6 Å². The normalized spacial score (nSPS) is 15.6. The van der Waals surface area contributed by atoms with E-state index >= 15 is 0 Å². The van der Waals surface area contributed by atoms with Crippen molar-refractivity contribution in [2.75, 3.05) is 13.1 Å². The van der Waals surface area contributed by atoms with Crippen molar-refractivity contribution in [2.45, 2.75) is 25.5 Å². The molecule has 0 radical (unpaired) electrons. The Kier molecular flexibility index (Phi) is 5.40. The molecule has 0 aromatic heterocycles. The lowest BCUT2D eigenvalue weighted by molar-refractivity contribution is 0.274. The lowest BCUT2D eigenvalue weighted by Gasteiger charge is -2.29. The highest BCUT2D eigenvalue weighted by Crippen LogP contribution is 2.36. The predicted molar refractivity (Wildman–Crippen MR) is 108 cm³/mol. The smallest absolute Gasteiger partial charge is 0.120 e. The summed E-state index contributed by atoms with van der Waals surface area (Å²) in [5, 5.41) is 10.4. The number of hydrogen-bond acceptors (Lipinski definition) is 3. The Bertz CT molecular complexity index is 855. The van der Waals surface area contributed by atoms with Crippen molar-refractivity contribution in [3.63, 3.8) is 0 Å². The molecular weight excluding hydrogens is 334 g/mol. The fraction of sp³-hybridized carbons (Fsp3) is 0.250. The average molecular weight is 359 g/mol. The first kappa shape index (κ1) is 17.6. The molecular formula is C24H25NO2. The number of hydrogen-bond donors (Lipinski definition) is 1. The lowest BCUT2D eigenvalue weighted by atomic mass is 9.96. The van der Waals surface area contributed by atoms with E-state index in [-0.39, 0.29) is 6.04 Å². The summed E-state index contributed by atoms with van der Waals surface area (Å²) in [7, 11) is 0. The van der Waals surface area contributed by atoms with Crippen molar-refractivity contribution >= 4 is 0 Å². The number of likely N-dealkylation sites (tertiary alicyclic amines) is 1. The van der Waals surface area contributed by atoms with Gasteiger partial charge in [-0.1, -0.05) is 60.7 Å². The molecule has 138 valence electrons.